The molecule has 2 aromatic rings. The van der Waals surface area contributed by atoms with Crippen molar-refractivity contribution in [3.8, 4) is 10.7 Å². The molecule has 0 aliphatic carbocycles. The largest absolute Gasteiger partial charge is 0.305 e. The lowest BCUT2D eigenvalue weighted by Gasteiger charge is -2.00. The fraction of sp³-hybridized carbons (Fsp3) is 0.111. The number of aromatic nitrogens is 2. The van der Waals surface area contributed by atoms with E-state index in [4.69, 9.17) is 11.6 Å². The van der Waals surface area contributed by atoms with Crippen LogP contribution in [0, 0.1) is 10.5 Å². The molecule has 0 unspecified atom stereocenters. The minimum absolute atomic E-state index is 0.122. The molecule has 0 fully saturated rings. The van der Waals surface area contributed by atoms with Crippen LogP contribution in [0.3, 0.4) is 0 Å². The highest BCUT2D eigenvalue weighted by atomic mass is 127. The zero-order valence-electron chi connectivity index (χ0n) is 7.97. The van der Waals surface area contributed by atoms with E-state index in [0.717, 1.165) is 15.0 Å². The van der Waals surface area contributed by atoms with Gasteiger partial charge in [-0.3, -0.25) is 4.79 Å². The average molecular weight is 431 g/mol. The van der Waals surface area contributed by atoms with Crippen LogP contribution >= 0.6 is 61.5 Å². The number of hydrogen-bond acceptors (Lipinski definition) is 3. The van der Waals surface area contributed by atoms with Gasteiger partial charge < -0.3 is 4.98 Å². The van der Waals surface area contributed by atoms with Crippen LogP contribution in [0.5, 0.6) is 0 Å². The standard InChI is InChI=1S/C9H5BrClIN2OS/c1-3-6(12)9(15)14-8(13-3)5-2-4(10)7(11)16-5/h2H,1H3,(H,13,14,15). The summed E-state index contributed by atoms with van der Waals surface area (Å²) in [4.78, 5) is 19.5. The predicted molar refractivity (Wildman–Crippen MR) is 78.3 cm³/mol. The van der Waals surface area contributed by atoms with E-state index in [9.17, 15) is 4.79 Å². The second kappa shape index (κ2) is 4.75. The molecule has 0 radical (unpaired) electrons. The number of aromatic amines is 1. The van der Waals surface area contributed by atoms with Crippen LogP contribution in [0.15, 0.2) is 15.3 Å². The Morgan fingerprint density at radius 1 is 1.62 bits per heavy atom. The highest BCUT2D eigenvalue weighted by Gasteiger charge is 2.11. The second-order valence-electron chi connectivity index (χ2n) is 3.05. The molecular formula is C9H5BrClIN2OS. The predicted octanol–water partition coefficient (Wildman–Crippen LogP) is 3.83. The van der Waals surface area contributed by atoms with Gasteiger partial charge in [0.15, 0.2) is 5.82 Å². The number of halogens is 3. The molecule has 0 aliphatic rings. The molecule has 0 saturated heterocycles. The van der Waals surface area contributed by atoms with Gasteiger partial charge >= 0.3 is 0 Å². The van der Waals surface area contributed by atoms with E-state index in [1.54, 1.807) is 0 Å². The van der Waals surface area contributed by atoms with Crippen molar-refractivity contribution in [2.45, 2.75) is 6.92 Å². The van der Waals surface area contributed by atoms with Crippen LogP contribution < -0.4 is 5.56 Å². The van der Waals surface area contributed by atoms with Crippen molar-refractivity contribution < 1.29 is 0 Å². The lowest BCUT2D eigenvalue weighted by molar-refractivity contribution is 1.06. The quantitative estimate of drug-likeness (QED) is 0.698. The van der Waals surface area contributed by atoms with Crippen molar-refractivity contribution in [3.63, 3.8) is 0 Å². The molecule has 0 aromatic carbocycles. The number of H-pyrrole nitrogens is 1. The number of aryl methyl sites for hydroxylation is 1. The Labute approximate surface area is 123 Å². The lowest BCUT2D eigenvalue weighted by Crippen LogP contribution is -2.14. The molecule has 2 rings (SSSR count). The molecule has 0 spiro atoms. The molecule has 1 N–H and O–H groups in total. The SMILES string of the molecule is Cc1nc(-c2cc(Br)c(Cl)s2)[nH]c(=O)c1I. The van der Waals surface area contributed by atoms with Crippen LogP contribution in [-0.4, -0.2) is 9.97 Å². The molecule has 7 heteroatoms. The van der Waals surface area contributed by atoms with Crippen molar-refractivity contribution in [1.82, 2.24) is 9.97 Å². The summed E-state index contributed by atoms with van der Waals surface area (Å²) in [5, 5.41) is 0. The van der Waals surface area contributed by atoms with Crippen molar-refractivity contribution in [2.24, 2.45) is 0 Å². The summed E-state index contributed by atoms with van der Waals surface area (Å²) in [5.74, 6) is 0.556. The van der Waals surface area contributed by atoms with E-state index in [1.165, 1.54) is 11.3 Å². The smallest absolute Gasteiger partial charge is 0.264 e. The zero-order chi connectivity index (χ0) is 11.9. The molecule has 3 nitrogen and oxygen atoms in total. The molecule has 0 bridgehead atoms. The van der Waals surface area contributed by atoms with Gasteiger partial charge in [0.05, 0.1) is 14.1 Å². The van der Waals surface area contributed by atoms with E-state index >= 15 is 0 Å². The molecule has 0 atom stereocenters. The Bertz CT molecular complexity index is 591. The van der Waals surface area contributed by atoms with E-state index in [0.29, 0.717) is 13.7 Å². The fourth-order valence-corrected chi connectivity index (χ4v) is 3.05. The highest BCUT2D eigenvalue weighted by Crippen LogP contribution is 2.36. The maximum Gasteiger partial charge on any atom is 0.264 e. The van der Waals surface area contributed by atoms with Crippen molar-refractivity contribution in [1.29, 1.82) is 0 Å². The Kier molecular flexibility index (Phi) is 3.72. The topological polar surface area (TPSA) is 45.8 Å². The minimum Gasteiger partial charge on any atom is -0.305 e. The molecule has 2 heterocycles. The van der Waals surface area contributed by atoms with E-state index < -0.39 is 0 Å². The third-order valence-electron chi connectivity index (χ3n) is 1.91. The molecule has 0 aliphatic heterocycles. The van der Waals surface area contributed by atoms with Crippen LogP contribution in [-0.2, 0) is 0 Å². The first-order valence-corrected chi connectivity index (χ1v) is 7.27. The van der Waals surface area contributed by atoms with E-state index in [2.05, 4.69) is 25.9 Å². The van der Waals surface area contributed by atoms with Crippen LogP contribution in [0.25, 0.3) is 10.7 Å². The Hall–Kier alpha value is 0.0800. The number of hydrogen-bond donors (Lipinski definition) is 1. The maximum atomic E-state index is 11.6. The number of nitrogens with one attached hydrogen (secondary N) is 1. The Balaban J connectivity index is 2.61. The third kappa shape index (κ3) is 2.34. The minimum atomic E-state index is -0.122. The molecule has 2 aromatic heterocycles. The fourth-order valence-electron chi connectivity index (χ4n) is 1.15. The molecule has 0 amide bonds. The normalized spacial score (nSPS) is 10.8. The number of rotatable bonds is 1. The Morgan fingerprint density at radius 3 is 2.81 bits per heavy atom. The van der Waals surface area contributed by atoms with Crippen molar-refractivity contribution in [3.05, 3.63) is 34.5 Å². The second-order valence-corrected chi connectivity index (χ2v) is 6.63. The van der Waals surface area contributed by atoms with Gasteiger partial charge in [-0.25, -0.2) is 4.98 Å². The van der Waals surface area contributed by atoms with Crippen LogP contribution in [0.1, 0.15) is 5.69 Å². The van der Waals surface area contributed by atoms with Crippen molar-refractivity contribution in [2.75, 3.05) is 0 Å². The van der Waals surface area contributed by atoms with Gasteiger partial charge in [0, 0.05) is 4.47 Å². The summed E-state index contributed by atoms with van der Waals surface area (Å²) < 4.78 is 2.07. The lowest BCUT2D eigenvalue weighted by atomic mass is 10.4. The highest BCUT2D eigenvalue weighted by molar-refractivity contribution is 14.1. The first-order chi connectivity index (χ1) is 7.49. The van der Waals surface area contributed by atoms with Gasteiger partial charge in [0.2, 0.25) is 0 Å². The van der Waals surface area contributed by atoms with E-state index in [1.807, 2.05) is 35.6 Å². The van der Waals surface area contributed by atoms with Crippen LogP contribution in [0.4, 0.5) is 0 Å². The first-order valence-electron chi connectivity index (χ1n) is 4.20. The van der Waals surface area contributed by atoms with Gasteiger partial charge in [0.25, 0.3) is 5.56 Å². The van der Waals surface area contributed by atoms with Gasteiger partial charge in [-0.05, 0) is 51.5 Å². The first kappa shape index (κ1) is 12.5. The van der Waals surface area contributed by atoms with Crippen molar-refractivity contribution >= 4 is 61.5 Å². The Morgan fingerprint density at radius 2 is 2.31 bits per heavy atom. The van der Waals surface area contributed by atoms with Gasteiger partial charge in [-0.15, -0.1) is 11.3 Å². The average Bonchev–Trinajstić information content (AvgIpc) is 2.55. The molecular weight excluding hydrogens is 426 g/mol. The van der Waals surface area contributed by atoms with Gasteiger partial charge in [-0.1, -0.05) is 11.6 Å². The number of nitrogens with zero attached hydrogens (tertiary/aromatic N) is 1. The maximum absolute atomic E-state index is 11.6. The number of thiophene rings is 1. The summed E-state index contributed by atoms with van der Waals surface area (Å²) in [6.07, 6.45) is 0. The summed E-state index contributed by atoms with van der Waals surface area (Å²) in [6, 6.07) is 1.84. The van der Waals surface area contributed by atoms with Gasteiger partial charge in [0.1, 0.15) is 4.34 Å². The third-order valence-corrected chi connectivity index (χ3v) is 5.66. The van der Waals surface area contributed by atoms with E-state index in [-0.39, 0.29) is 5.56 Å². The zero-order valence-corrected chi connectivity index (χ0v) is 13.3. The molecule has 0 saturated carbocycles. The molecule has 16 heavy (non-hydrogen) atoms. The summed E-state index contributed by atoms with van der Waals surface area (Å²) in [7, 11) is 0. The summed E-state index contributed by atoms with van der Waals surface area (Å²) in [6.45, 7) is 1.81. The summed E-state index contributed by atoms with van der Waals surface area (Å²) in [5.41, 5.74) is 0.601. The van der Waals surface area contributed by atoms with Crippen LogP contribution in [0.2, 0.25) is 4.34 Å². The summed E-state index contributed by atoms with van der Waals surface area (Å²) >= 11 is 12.6. The molecule has 84 valence electrons. The monoisotopic (exact) mass is 430 g/mol. The van der Waals surface area contributed by atoms with Gasteiger partial charge in [-0.2, -0.15) is 0 Å².